The number of carboxylic acid groups (broad SMARTS) is 1. The molecule has 0 spiro atoms. The number of aromatic carboxylic acids is 1. The first-order valence-corrected chi connectivity index (χ1v) is 17.6. The van der Waals surface area contributed by atoms with Gasteiger partial charge in [0, 0.05) is 0 Å². The number of phosphoric acid groups is 1. The molecule has 0 radical (unpaired) electrons. The molecule has 0 unspecified atom stereocenters. The van der Waals surface area contributed by atoms with Gasteiger partial charge >= 0.3 is 83.0 Å². The maximum absolute atomic E-state index is 10.4. The maximum atomic E-state index is 10.4. The summed E-state index contributed by atoms with van der Waals surface area (Å²) in [4.78, 5) is 27.3. The zero-order valence-corrected chi connectivity index (χ0v) is 27.0. The summed E-state index contributed by atoms with van der Waals surface area (Å²) in [6.45, 7) is 4.67. The SMILES string of the molecule is CCCCCCCCCCCCCCCCOP(=O)(O)O.CCC[CH2][K].O=C(O)c1ccc(O)cc1. The third kappa shape index (κ3) is 32.3. The third-order valence-corrected chi connectivity index (χ3v) is 7.20. The number of carboxylic acids is 1. The Morgan fingerprint density at radius 3 is 1.44 bits per heavy atom. The molecule has 1 aromatic rings. The molecule has 9 heteroatoms. The first-order valence-electron chi connectivity index (χ1n) is 13.9. The smallest absolute Gasteiger partial charge is 0.335 e. The predicted octanol–water partition coefficient (Wildman–Crippen LogP) is 8.04. The molecule has 7 nitrogen and oxygen atoms in total. The summed E-state index contributed by atoms with van der Waals surface area (Å²) in [5, 5.41) is 17.1. The van der Waals surface area contributed by atoms with E-state index in [0.717, 1.165) is 68.2 Å². The average molecular weight is 557 g/mol. The summed E-state index contributed by atoms with van der Waals surface area (Å²) in [6.07, 6.45) is 20.6. The quantitative estimate of drug-likeness (QED) is 0.0772. The van der Waals surface area contributed by atoms with Crippen LogP contribution in [0.3, 0.4) is 0 Å². The fraction of sp³-hybridized carbons (Fsp3) is 0.741. The normalized spacial score (nSPS) is 10.7. The molecular formula is C27H50KO7P. The second kappa shape index (κ2) is 28.2. The van der Waals surface area contributed by atoms with Crippen LogP contribution in [0.1, 0.15) is 127 Å². The van der Waals surface area contributed by atoms with Crippen molar-refractivity contribution >= 4 is 62.7 Å². The van der Waals surface area contributed by atoms with Gasteiger partial charge in [0.2, 0.25) is 0 Å². The van der Waals surface area contributed by atoms with Gasteiger partial charge in [0.1, 0.15) is 5.75 Å². The van der Waals surface area contributed by atoms with Crippen LogP contribution in [-0.2, 0) is 9.09 Å². The minimum Gasteiger partial charge on any atom is -0.508 e. The Balaban J connectivity index is 0. The Kier molecular flexibility index (Phi) is 30.1. The molecule has 0 atom stereocenters. The standard InChI is InChI=1S/C16H35O4P.C7H6O3.C4H9.K/c1-2-3-4-5-6-7-8-9-10-11-12-13-14-15-16-20-21(17,18)19;8-6-3-1-5(2-4-6)7(9)10;1-3-4-2;/h2-16H2,1H3,(H2,17,18,19);1-4,8H,(H,9,10);1,3-4H2,2H3;. The van der Waals surface area contributed by atoms with Crippen LogP contribution in [0.4, 0.5) is 0 Å². The number of hydrogen-bond acceptors (Lipinski definition) is 4. The minimum atomic E-state index is -4.25. The molecule has 1 rings (SSSR count). The van der Waals surface area contributed by atoms with Gasteiger partial charge in [0.05, 0.1) is 12.2 Å². The fourth-order valence-electron chi connectivity index (χ4n) is 3.44. The zero-order chi connectivity index (χ0) is 27.5. The topological polar surface area (TPSA) is 124 Å². The number of unbranched alkanes of at least 4 members (excludes halogenated alkanes) is 14. The molecule has 0 saturated heterocycles. The summed E-state index contributed by atoms with van der Waals surface area (Å²) in [6, 6.07) is 5.36. The second-order valence-electron chi connectivity index (χ2n) is 9.13. The molecule has 0 amide bonds. The van der Waals surface area contributed by atoms with Crippen LogP contribution in [-0.4, -0.2) is 81.5 Å². The van der Waals surface area contributed by atoms with E-state index in [1.165, 1.54) is 108 Å². The third-order valence-electron chi connectivity index (χ3n) is 5.58. The summed E-state index contributed by atoms with van der Waals surface area (Å²) in [7, 11) is -4.25. The molecule has 0 saturated carbocycles. The van der Waals surface area contributed by atoms with Crippen molar-refractivity contribution in [3.63, 3.8) is 0 Å². The summed E-state index contributed by atoms with van der Waals surface area (Å²) < 4.78 is 16.4. The van der Waals surface area contributed by atoms with Gasteiger partial charge in [-0.15, -0.1) is 0 Å². The number of phenolic OH excluding ortho intramolecular Hbond substituents is 1. The monoisotopic (exact) mass is 556 g/mol. The maximum Gasteiger partial charge on any atom is 0.335 e. The van der Waals surface area contributed by atoms with Crippen molar-refractivity contribution in [2.24, 2.45) is 0 Å². The zero-order valence-electron chi connectivity index (χ0n) is 23.0. The van der Waals surface area contributed by atoms with Crippen molar-refractivity contribution in [1.82, 2.24) is 0 Å². The average Bonchev–Trinajstić information content (AvgIpc) is 2.82. The van der Waals surface area contributed by atoms with E-state index < -0.39 is 13.8 Å². The Morgan fingerprint density at radius 2 is 1.14 bits per heavy atom. The van der Waals surface area contributed by atoms with Crippen LogP contribution in [0.15, 0.2) is 24.3 Å². The molecule has 0 aromatic heterocycles. The van der Waals surface area contributed by atoms with E-state index in [-0.39, 0.29) is 17.9 Å². The Hall–Kier alpha value is 0.236. The number of rotatable bonds is 19. The van der Waals surface area contributed by atoms with Crippen molar-refractivity contribution in [3.8, 4) is 5.75 Å². The summed E-state index contributed by atoms with van der Waals surface area (Å²) in [5.41, 5.74) is 0.179. The van der Waals surface area contributed by atoms with Gasteiger partial charge in [0.15, 0.2) is 0 Å². The number of carbonyl (C=O) groups is 1. The van der Waals surface area contributed by atoms with Crippen LogP contribution in [0, 0.1) is 0 Å². The number of phosphoric ester groups is 1. The molecule has 0 heterocycles. The van der Waals surface area contributed by atoms with Gasteiger partial charge in [-0.2, -0.15) is 0 Å². The largest absolute Gasteiger partial charge is 0.508 e. The van der Waals surface area contributed by atoms with E-state index in [0.29, 0.717) is 0 Å². The van der Waals surface area contributed by atoms with Crippen molar-refractivity contribution in [3.05, 3.63) is 29.8 Å². The Morgan fingerprint density at radius 1 is 0.750 bits per heavy atom. The molecule has 36 heavy (non-hydrogen) atoms. The van der Waals surface area contributed by atoms with Gasteiger partial charge in [-0.05, 0) is 30.7 Å². The molecule has 206 valence electrons. The number of hydrogen-bond donors (Lipinski definition) is 4. The number of benzene rings is 1. The molecule has 0 aliphatic carbocycles. The summed E-state index contributed by atoms with van der Waals surface area (Å²) >= 11 is 1.11. The molecule has 0 aliphatic heterocycles. The first kappa shape index (κ1) is 38.4. The van der Waals surface area contributed by atoms with Crippen LogP contribution in [0.25, 0.3) is 0 Å². The summed E-state index contributed by atoms with van der Waals surface area (Å²) in [5.74, 6) is -0.912. The van der Waals surface area contributed by atoms with Crippen LogP contribution >= 0.6 is 7.82 Å². The van der Waals surface area contributed by atoms with Crippen molar-refractivity contribution < 1.29 is 33.9 Å². The Bertz CT molecular complexity index is 648. The van der Waals surface area contributed by atoms with Crippen molar-refractivity contribution in [2.75, 3.05) is 6.61 Å². The van der Waals surface area contributed by atoms with Gasteiger partial charge in [0.25, 0.3) is 0 Å². The fourth-order valence-corrected chi connectivity index (χ4v) is 4.91. The van der Waals surface area contributed by atoms with Gasteiger partial charge in [-0.25, -0.2) is 9.36 Å². The number of phenols is 1. The van der Waals surface area contributed by atoms with E-state index >= 15 is 0 Å². The molecule has 4 N–H and O–H groups in total. The van der Waals surface area contributed by atoms with Crippen molar-refractivity contribution in [2.45, 2.75) is 117 Å². The number of aromatic hydroxyl groups is 1. The van der Waals surface area contributed by atoms with E-state index in [1.807, 2.05) is 0 Å². The molecular weight excluding hydrogens is 506 g/mol. The van der Waals surface area contributed by atoms with E-state index in [2.05, 4.69) is 18.4 Å². The second-order valence-corrected chi connectivity index (χ2v) is 11.9. The van der Waals surface area contributed by atoms with E-state index in [9.17, 15) is 9.36 Å². The van der Waals surface area contributed by atoms with Gasteiger partial charge in [-0.1, -0.05) is 90.4 Å². The Labute approximate surface area is 253 Å². The molecule has 0 aliphatic rings. The predicted molar refractivity (Wildman–Crippen MR) is 149 cm³/mol. The minimum absolute atomic E-state index is 0.0741. The van der Waals surface area contributed by atoms with Crippen LogP contribution < -0.4 is 0 Å². The van der Waals surface area contributed by atoms with Gasteiger partial charge < -0.3 is 20.0 Å². The molecule has 0 bridgehead atoms. The van der Waals surface area contributed by atoms with E-state index in [4.69, 9.17) is 20.0 Å². The first-order chi connectivity index (χ1) is 17.2. The van der Waals surface area contributed by atoms with Gasteiger partial charge in [-0.3, -0.25) is 4.52 Å². The van der Waals surface area contributed by atoms with Crippen molar-refractivity contribution in [1.29, 1.82) is 0 Å². The molecule has 1 aromatic carbocycles. The van der Waals surface area contributed by atoms with Crippen LogP contribution in [0.2, 0.25) is 0.515 Å². The molecule has 0 fully saturated rings. The van der Waals surface area contributed by atoms with Crippen LogP contribution in [0.5, 0.6) is 5.75 Å². The van der Waals surface area contributed by atoms with E-state index in [1.54, 1.807) is 0 Å².